The summed E-state index contributed by atoms with van der Waals surface area (Å²) >= 11 is 0. The van der Waals surface area contributed by atoms with Gasteiger partial charge in [-0.3, -0.25) is 0 Å². The molecule has 2 heteroatoms. The predicted molar refractivity (Wildman–Crippen MR) is 42.8 cm³/mol. The SMILES string of the molecule is CCC1=CC(F)=C(OC)CC1. The van der Waals surface area contributed by atoms with Crippen molar-refractivity contribution in [2.75, 3.05) is 7.11 Å². The third kappa shape index (κ3) is 1.82. The van der Waals surface area contributed by atoms with Gasteiger partial charge < -0.3 is 4.74 Å². The summed E-state index contributed by atoms with van der Waals surface area (Å²) in [6.45, 7) is 2.04. The van der Waals surface area contributed by atoms with Gasteiger partial charge in [-0.15, -0.1) is 0 Å². The van der Waals surface area contributed by atoms with Crippen LogP contribution in [0, 0.1) is 0 Å². The monoisotopic (exact) mass is 156 g/mol. The van der Waals surface area contributed by atoms with E-state index in [1.54, 1.807) is 6.08 Å². The zero-order valence-electron chi connectivity index (χ0n) is 6.98. The van der Waals surface area contributed by atoms with Gasteiger partial charge >= 0.3 is 0 Å². The highest BCUT2D eigenvalue weighted by Gasteiger charge is 2.11. The highest BCUT2D eigenvalue weighted by Crippen LogP contribution is 2.26. The van der Waals surface area contributed by atoms with Crippen LogP contribution in [-0.2, 0) is 4.74 Å². The predicted octanol–water partition coefficient (Wildman–Crippen LogP) is 2.94. The van der Waals surface area contributed by atoms with Crippen molar-refractivity contribution in [2.24, 2.45) is 0 Å². The minimum Gasteiger partial charge on any atom is -0.498 e. The normalized spacial score (nSPS) is 18.3. The quantitative estimate of drug-likeness (QED) is 0.597. The largest absolute Gasteiger partial charge is 0.498 e. The van der Waals surface area contributed by atoms with Gasteiger partial charge in [-0.1, -0.05) is 12.5 Å². The van der Waals surface area contributed by atoms with Crippen molar-refractivity contribution in [1.82, 2.24) is 0 Å². The molecular weight excluding hydrogens is 143 g/mol. The van der Waals surface area contributed by atoms with Gasteiger partial charge in [-0.2, -0.15) is 0 Å². The highest BCUT2D eigenvalue weighted by atomic mass is 19.1. The molecule has 0 atom stereocenters. The summed E-state index contributed by atoms with van der Waals surface area (Å²) in [5.41, 5.74) is 1.17. The van der Waals surface area contributed by atoms with E-state index < -0.39 is 0 Å². The maximum Gasteiger partial charge on any atom is 0.160 e. The number of rotatable bonds is 2. The lowest BCUT2D eigenvalue weighted by atomic mass is 10.0. The fraction of sp³-hybridized carbons (Fsp3) is 0.556. The fourth-order valence-corrected chi connectivity index (χ4v) is 1.20. The van der Waals surface area contributed by atoms with Crippen LogP contribution >= 0.6 is 0 Å². The summed E-state index contributed by atoms with van der Waals surface area (Å²) < 4.78 is 17.8. The molecule has 0 saturated heterocycles. The van der Waals surface area contributed by atoms with Crippen LogP contribution in [0.1, 0.15) is 26.2 Å². The Labute approximate surface area is 66.6 Å². The van der Waals surface area contributed by atoms with Crippen LogP contribution in [-0.4, -0.2) is 7.11 Å². The fourth-order valence-electron chi connectivity index (χ4n) is 1.20. The molecule has 62 valence electrons. The maximum absolute atomic E-state index is 13.0. The second kappa shape index (κ2) is 3.56. The van der Waals surface area contributed by atoms with Crippen LogP contribution in [0.2, 0.25) is 0 Å². The molecule has 11 heavy (non-hydrogen) atoms. The van der Waals surface area contributed by atoms with E-state index in [0.29, 0.717) is 12.2 Å². The number of halogens is 1. The van der Waals surface area contributed by atoms with E-state index >= 15 is 0 Å². The molecule has 1 rings (SSSR count). The van der Waals surface area contributed by atoms with Gasteiger partial charge in [0.2, 0.25) is 0 Å². The van der Waals surface area contributed by atoms with E-state index in [2.05, 4.69) is 0 Å². The molecule has 0 aliphatic heterocycles. The summed E-state index contributed by atoms with van der Waals surface area (Å²) in [6.07, 6.45) is 4.17. The van der Waals surface area contributed by atoms with Crippen molar-refractivity contribution in [3.8, 4) is 0 Å². The van der Waals surface area contributed by atoms with Gasteiger partial charge in [0.25, 0.3) is 0 Å². The molecule has 0 unspecified atom stereocenters. The smallest absolute Gasteiger partial charge is 0.160 e. The van der Waals surface area contributed by atoms with Crippen molar-refractivity contribution in [3.63, 3.8) is 0 Å². The van der Waals surface area contributed by atoms with Crippen LogP contribution in [0.3, 0.4) is 0 Å². The summed E-state index contributed by atoms with van der Waals surface area (Å²) in [4.78, 5) is 0. The third-order valence-corrected chi connectivity index (χ3v) is 1.97. The average molecular weight is 156 g/mol. The molecule has 0 N–H and O–H groups in total. The molecule has 1 nitrogen and oxygen atoms in total. The minimum atomic E-state index is -0.199. The number of ether oxygens (including phenoxy) is 1. The van der Waals surface area contributed by atoms with Gasteiger partial charge in [-0.05, 0) is 18.9 Å². The van der Waals surface area contributed by atoms with Gasteiger partial charge in [0.1, 0.15) is 5.76 Å². The topological polar surface area (TPSA) is 9.23 Å². The molecule has 0 spiro atoms. The van der Waals surface area contributed by atoms with Gasteiger partial charge in [0.15, 0.2) is 5.83 Å². The summed E-state index contributed by atoms with van der Waals surface area (Å²) in [6, 6.07) is 0. The van der Waals surface area contributed by atoms with Crippen LogP contribution in [0.15, 0.2) is 23.2 Å². The molecular formula is C9H13FO. The van der Waals surface area contributed by atoms with E-state index in [4.69, 9.17) is 4.74 Å². The molecule has 0 bridgehead atoms. The molecule has 0 aromatic rings. The van der Waals surface area contributed by atoms with Crippen molar-refractivity contribution in [2.45, 2.75) is 26.2 Å². The average Bonchev–Trinajstić information content (AvgIpc) is 2.04. The van der Waals surface area contributed by atoms with Crippen LogP contribution in [0.4, 0.5) is 4.39 Å². The van der Waals surface area contributed by atoms with Gasteiger partial charge in [0, 0.05) is 6.42 Å². The zero-order valence-corrected chi connectivity index (χ0v) is 6.98. The van der Waals surface area contributed by atoms with Crippen LogP contribution in [0.25, 0.3) is 0 Å². The summed E-state index contributed by atoms with van der Waals surface area (Å²) in [5.74, 6) is 0.290. The first kappa shape index (κ1) is 8.31. The molecule has 1 aliphatic rings. The number of methoxy groups -OCH3 is 1. The molecule has 0 aromatic carbocycles. The van der Waals surface area contributed by atoms with Crippen molar-refractivity contribution in [3.05, 3.63) is 23.2 Å². The molecule has 0 heterocycles. The van der Waals surface area contributed by atoms with Gasteiger partial charge in [0.05, 0.1) is 7.11 Å². The molecule has 0 saturated carbocycles. The van der Waals surface area contributed by atoms with Crippen molar-refractivity contribution >= 4 is 0 Å². The standard InChI is InChI=1S/C9H13FO/c1-3-7-4-5-9(11-2)8(10)6-7/h6H,3-5H2,1-2H3. The number of allylic oxidation sites excluding steroid dienone is 4. The summed E-state index contributed by atoms with van der Waals surface area (Å²) in [5, 5.41) is 0. The molecule has 0 radical (unpaired) electrons. The Bertz CT molecular complexity index is 204. The second-order valence-electron chi connectivity index (χ2n) is 2.63. The Kier molecular flexibility index (Phi) is 2.69. The maximum atomic E-state index is 13.0. The van der Waals surface area contributed by atoms with E-state index in [-0.39, 0.29) is 5.83 Å². The van der Waals surface area contributed by atoms with E-state index in [9.17, 15) is 4.39 Å². The Hall–Kier alpha value is -0.790. The number of hydrogen-bond donors (Lipinski definition) is 0. The minimum absolute atomic E-state index is 0.199. The summed E-state index contributed by atoms with van der Waals surface area (Å²) in [7, 11) is 1.51. The second-order valence-corrected chi connectivity index (χ2v) is 2.63. The highest BCUT2D eigenvalue weighted by molar-refractivity contribution is 5.25. The first-order chi connectivity index (χ1) is 5.27. The first-order valence-electron chi connectivity index (χ1n) is 3.90. The van der Waals surface area contributed by atoms with Crippen LogP contribution < -0.4 is 0 Å². The lowest BCUT2D eigenvalue weighted by Gasteiger charge is -2.13. The Morgan fingerprint density at radius 2 is 2.27 bits per heavy atom. The van der Waals surface area contributed by atoms with Crippen molar-refractivity contribution in [1.29, 1.82) is 0 Å². The lowest BCUT2D eigenvalue weighted by Crippen LogP contribution is -1.97. The molecule has 1 aliphatic carbocycles. The molecule has 0 fully saturated rings. The van der Waals surface area contributed by atoms with E-state index in [1.165, 1.54) is 12.7 Å². The Morgan fingerprint density at radius 3 is 2.73 bits per heavy atom. The number of hydrogen-bond acceptors (Lipinski definition) is 1. The lowest BCUT2D eigenvalue weighted by molar-refractivity contribution is 0.260. The van der Waals surface area contributed by atoms with E-state index in [0.717, 1.165) is 12.8 Å². The van der Waals surface area contributed by atoms with Gasteiger partial charge in [-0.25, -0.2) is 4.39 Å². The van der Waals surface area contributed by atoms with E-state index in [1.807, 2.05) is 6.92 Å². The molecule has 0 aromatic heterocycles. The van der Waals surface area contributed by atoms with Crippen LogP contribution in [0.5, 0.6) is 0 Å². The zero-order chi connectivity index (χ0) is 8.27. The Morgan fingerprint density at radius 1 is 1.55 bits per heavy atom. The van der Waals surface area contributed by atoms with Crippen molar-refractivity contribution < 1.29 is 9.13 Å². The first-order valence-corrected chi connectivity index (χ1v) is 3.90. The molecule has 0 amide bonds. The Balaban J connectivity index is 2.76. The third-order valence-electron chi connectivity index (χ3n) is 1.97.